The Morgan fingerprint density at radius 3 is 2.76 bits per heavy atom. The second-order valence-corrected chi connectivity index (χ2v) is 8.81. The molecule has 12 nitrogen and oxygen atoms in total. The lowest BCUT2D eigenvalue weighted by atomic mass is 9.80. The maximum absolute atomic E-state index is 13.0. The van der Waals surface area contributed by atoms with Crippen molar-refractivity contribution in [3.8, 4) is 11.8 Å². The van der Waals surface area contributed by atoms with Gasteiger partial charge in [-0.15, -0.1) is 0 Å². The summed E-state index contributed by atoms with van der Waals surface area (Å²) in [5, 5.41) is 30.8. The number of hydrogen-bond acceptors (Lipinski definition) is 9. The molecule has 3 aromatic heterocycles. The Hall–Kier alpha value is -4.76. The number of anilines is 1. The summed E-state index contributed by atoms with van der Waals surface area (Å²) in [4.78, 5) is 30.3. The summed E-state index contributed by atoms with van der Waals surface area (Å²) in [6.45, 7) is 2.98. The van der Waals surface area contributed by atoms with Gasteiger partial charge in [0.2, 0.25) is 5.75 Å². The fourth-order valence-electron chi connectivity index (χ4n) is 4.47. The highest BCUT2D eigenvalue weighted by Crippen LogP contribution is 2.39. The number of nitrogens with one attached hydrogen (secondary N) is 1. The molecular formula is C25H23N7O5. The van der Waals surface area contributed by atoms with Crippen molar-refractivity contribution >= 4 is 11.6 Å². The van der Waals surface area contributed by atoms with Gasteiger partial charge in [-0.1, -0.05) is 30.3 Å². The van der Waals surface area contributed by atoms with E-state index in [0.29, 0.717) is 18.8 Å². The van der Waals surface area contributed by atoms with E-state index in [9.17, 15) is 20.0 Å². The highest BCUT2D eigenvalue weighted by Gasteiger charge is 2.32. The van der Waals surface area contributed by atoms with Gasteiger partial charge in [0, 0.05) is 25.1 Å². The number of carbonyl (C=O) groups excluding carboxylic acids is 1. The van der Waals surface area contributed by atoms with Crippen molar-refractivity contribution < 1.29 is 19.2 Å². The Bertz CT molecular complexity index is 1550. The SMILES string of the molecule is C[C@@H](c1nc(C(=O)Nc2cnoc2)c(O)c(=O)n1C)[C@@H](c1cnn(C2COC2)c1)c1ccccc1C#N. The lowest BCUT2D eigenvalue weighted by Crippen LogP contribution is -2.31. The van der Waals surface area contributed by atoms with Crippen LogP contribution in [0.15, 0.2) is 58.4 Å². The molecule has 0 unspecified atom stereocenters. The van der Waals surface area contributed by atoms with Crippen LogP contribution in [0.1, 0.15) is 57.8 Å². The van der Waals surface area contributed by atoms with E-state index >= 15 is 0 Å². The van der Waals surface area contributed by atoms with Gasteiger partial charge in [-0.2, -0.15) is 10.4 Å². The fraction of sp³-hybridized carbons (Fsp3) is 0.280. The number of nitriles is 1. The van der Waals surface area contributed by atoms with Gasteiger partial charge in [0.05, 0.1) is 43.3 Å². The monoisotopic (exact) mass is 501 g/mol. The van der Waals surface area contributed by atoms with Crippen LogP contribution < -0.4 is 10.9 Å². The second kappa shape index (κ2) is 9.71. The summed E-state index contributed by atoms with van der Waals surface area (Å²) in [5.41, 5.74) is 1.03. The molecule has 1 aliphatic rings. The van der Waals surface area contributed by atoms with Crippen LogP contribution >= 0.6 is 0 Å². The minimum absolute atomic E-state index is 0.125. The minimum atomic E-state index is -0.793. The summed E-state index contributed by atoms with van der Waals surface area (Å²) in [7, 11) is 1.48. The maximum Gasteiger partial charge on any atom is 0.296 e. The van der Waals surface area contributed by atoms with E-state index in [1.54, 1.807) is 18.3 Å². The first-order valence-corrected chi connectivity index (χ1v) is 11.5. The molecular weight excluding hydrogens is 478 g/mol. The first kappa shape index (κ1) is 24.0. The number of aromatic nitrogens is 5. The Kier molecular flexibility index (Phi) is 6.29. The molecule has 0 spiro atoms. The number of aromatic hydroxyl groups is 1. The van der Waals surface area contributed by atoms with E-state index in [-0.39, 0.29) is 17.6 Å². The molecule has 1 aromatic carbocycles. The second-order valence-electron chi connectivity index (χ2n) is 8.81. The Balaban J connectivity index is 1.61. The number of hydrogen-bond donors (Lipinski definition) is 2. The number of amides is 1. The molecule has 2 atom stereocenters. The average Bonchev–Trinajstić information content (AvgIpc) is 3.55. The van der Waals surface area contributed by atoms with Crippen molar-refractivity contribution in [3.05, 3.63) is 87.7 Å². The largest absolute Gasteiger partial charge is 0.501 e. The van der Waals surface area contributed by atoms with Gasteiger partial charge in [0.25, 0.3) is 11.5 Å². The van der Waals surface area contributed by atoms with Gasteiger partial charge >= 0.3 is 0 Å². The number of benzene rings is 1. The molecule has 1 aliphatic heterocycles. The zero-order chi connectivity index (χ0) is 26.1. The lowest BCUT2D eigenvalue weighted by molar-refractivity contribution is -0.0286. The first-order chi connectivity index (χ1) is 17.9. The molecule has 4 heterocycles. The molecule has 1 fully saturated rings. The van der Waals surface area contributed by atoms with Gasteiger partial charge in [-0.3, -0.25) is 18.8 Å². The summed E-state index contributed by atoms with van der Waals surface area (Å²) in [5.74, 6) is -2.28. The van der Waals surface area contributed by atoms with Gasteiger partial charge < -0.3 is 19.7 Å². The van der Waals surface area contributed by atoms with Crippen LogP contribution in [-0.4, -0.2) is 48.7 Å². The molecule has 0 radical (unpaired) electrons. The zero-order valence-corrected chi connectivity index (χ0v) is 20.0. The molecule has 12 heteroatoms. The van der Waals surface area contributed by atoms with Gasteiger partial charge in [0.1, 0.15) is 17.8 Å². The first-order valence-electron chi connectivity index (χ1n) is 11.5. The van der Waals surface area contributed by atoms with E-state index in [1.807, 2.05) is 29.9 Å². The van der Waals surface area contributed by atoms with Crippen LogP contribution in [0.3, 0.4) is 0 Å². The Labute approximate surface area is 210 Å². The number of rotatable bonds is 7. The number of carbonyl (C=O) groups is 1. The normalized spacial score (nSPS) is 14.9. The summed E-state index contributed by atoms with van der Waals surface area (Å²) in [6.07, 6.45) is 6.12. The van der Waals surface area contributed by atoms with Crippen molar-refractivity contribution in [2.24, 2.45) is 7.05 Å². The zero-order valence-electron chi connectivity index (χ0n) is 20.0. The molecule has 0 bridgehead atoms. The van der Waals surface area contributed by atoms with Crippen molar-refractivity contribution in [2.45, 2.75) is 24.8 Å². The maximum atomic E-state index is 13.0. The van der Waals surface area contributed by atoms with Crippen LogP contribution in [0.5, 0.6) is 5.75 Å². The van der Waals surface area contributed by atoms with Crippen LogP contribution in [0.4, 0.5) is 5.69 Å². The molecule has 5 rings (SSSR count). The number of nitrogens with zero attached hydrogens (tertiary/aromatic N) is 6. The van der Waals surface area contributed by atoms with E-state index < -0.39 is 34.7 Å². The third-order valence-corrected chi connectivity index (χ3v) is 6.51. The van der Waals surface area contributed by atoms with Gasteiger partial charge in [-0.25, -0.2) is 4.98 Å². The molecule has 1 saturated heterocycles. The molecule has 1 amide bonds. The molecule has 188 valence electrons. The molecule has 0 saturated carbocycles. The van der Waals surface area contributed by atoms with E-state index in [0.717, 1.165) is 11.1 Å². The Morgan fingerprint density at radius 1 is 1.30 bits per heavy atom. The Morgan fingerprint density at radius 2 is 2.08 bits per heavy atom. The predicted octanol–water partition coefficient (Wildman–Crippen LogP) is 2.30. The minimum Gasteiger partial charge on any atom is -0.501 e. The van der Waals surface area contributed by atoms with E-state index in [4.69, 9.17) is 9.26 Å². The summed E-state index contributed by atoms with van der Waals surface area (Å²) < 4.78 is 13.0. The highest BCUT2D eigenvalue weighted by molar-refractivity contribution is 6.04. The van der Waals surface area contributed by atoms with Crippen LogP contribution in [0, 0.1) is 11.3 Å². The van der Waals surface area contributed by atoms with Crippen molar-refractivity contribution in [1.82, 2.24) is 24.5 Å². The fourth-order valence-corrected chi connectivity index (χ4v) is 4.47. The average molecular weight is 502 g/mol. The quantitative estimate of drug-likeness (QED) is 0.387. The van der Waals surface area contributed by atoms with E-state index in [2.05, 4.69) is 26.6 Å². The van der Waals surface area contributed by atoms with Crippen LogP contribution in [0.2, 0.25) is 0 Å². The van der Waals surface area contributed by atoms with Crippen molar-refractivity contribution in [1.29, 1.82) is 5.26 Å². The third kappa shape index (κ3) is 4.36. The number of ether oxygens (including phenoxy) is 1. The molecule has 0 aliphatic carbocycles. The summed E-state index contributed by atoms with van der Waals surface area (Å²) in [6, 6.07) is 9.55. The van der Waals surface area contributed by atoms with Crippen LogP contribution in [-0.2, 0) is 11.8 Å². The van der Waals surface area contributed by atoms with Gasteiger partial charge in [0.15, 0.2) is 5.69 Å². The van der Waals surface area contributed by atoms with Crippen LogP contribution in [0.25, 0.3) is 0 Å². The van der Waals surface area contributed by atoms with Crippen molar-refractivity contribution in [3.63, 3.8) is 0 Å². The highest BCUT2D eigenvalue weighted by atomic mass is 16.5. The molecule has 37 heavy (non-hydrogen) atoms. The van der Waals surface area contributed by atoms with E-state index in [1.165, 1.54) is 24.1 Å². The predicted molar refractivity (Wildman–Crippen MR) is 129 cm³/mol. The molecule has 4 aromatic rings. The smallest absolute Gasteiger partial charge is 0.296 e. The van der Waals surface area contributed by atoms with Gasteiger partial charge in [-0.05, 0) is 17.2 Å². The lowest BCUT2D eigenvalue weighted by Gasteiger charge is -2.27. The standard InChI is InChI=1S/C25H23N7O5/c1-14(23-30-21(22(33)25(35)31(23)2)24(34)29-17-9-28-37-11-17)20(19-6-4-3-5-15(19)7-26)16-8-27-32(10-16)18-12-36-13-18/h3-6,8-11,14,18,20,33H,12-13H2,1-2H3,(H,29,34)/t14-,20+/m1/s1. The topological polar surface area (TPSA) is 161 Å². The van der Waals surface area contributed by atoms with Crippen molar-refractivity contribution in [2.75, 3.05) is 18.5 Å². The molecule has 2 N–H and O–H groups in total. The summed E-state index contributed by atoms with van der Waals surface area (Å²) >= 11 is 0. The third-order valence-electron chi connectivity index (χ3n) is 6.51.